The summed E-state index contributed by atoms with van der Waals surface area (Å²) in [7, 11) is 1.54. The van der Waals surface area contributed by atoms with E-state index >= 15 is 0 Å². The molecular formula is C19H17N3O6. The van der Waals surface area contributed by atoms with Crippen molar-refractivity contribution < 1.29 is 23.3 Å². The van der Waals surface area contributed by atoms with E-state index < -0.39 is 16.7 Å². The predicted molar refractivity (Wildman–Crippen MR) is 97.5 cm³/mol. The number of furan rings is 2. The number of nitrogens with zero attached hydrogens (tertiary/aromatic N) is 2. The predicted octanol–water partition coefficient (Wildman–Crippen LogP) is 2.98. The van der Waals surface area contributed by atoms with Crippen LogP contribution in [0.1, 0.15) is 32.2 Å². The zero-order valence-electron chi connectivity index (χ0n) is 15.0. The monoisotopic (exact) mass is 383 g/mol. The Labute approximate surface area is 159 Å². The Morgan fingerprint density at radius 3 is 2.43 bits per heavy atom. The summed E-state index contributed by atoms with van der Waals surface area (Å²) in [5.74, 6) is -0.814. The number of hydrogen-bond acceptors (Lipinski definition) is 6. The summed E-state index contributed by atoms with van der Waals surface area (Å²) in [6.07, 6.45) is 1.49. The summed E-state index contributed by atoms with van der Waals surface area (Å²) >= 11 is 0. The van der Waals surface area contributed by atoms with Crippen molar-refractivity contribution in [3.05, 3.63) is 87.6 Å². The molecule has 0 atom stereocenters. The average molecular weight is 383 g/mol. The van der Waals surface area contributed by atoms with E-state index in [9.17, 15) is 19.7 Å². The number of carbonyl (C=O) groups excluding carboxylic acids is 2. The molecule has 0 fully saturated rings. The Hall–Kier alpha value is -3.88. The van der Waals surface area contributed by atoms with Crippen LogP contribution in [0.3, 0.4) is 0 Å². The second-order valence-corrected chi connectivity index (χ2v) is 5.91. The number of carbonyl (C=O) groups is 2. The fourth-order valence-electron chi connectivity index (χ4n) is 2.61. The molecule has 0 aliphatic rings. The smallest absolute Gasteiger partial charge is 0.433 e. The van der Waals surface area contributed by atoms with Gasteiger partial charge in [-0.2, -0.15) is 0 Å². The number of nitrogens with one attached hydrogen (secondary N) is 1. The van der Waals surface area contributed by atoms with Gasteiger partial charge in [0.05, 0.1) is 18.9 Å². The molecule has 3 aromatic rings. The fraction of sp³-hybridized carbons (Fsp3) is 0.158. The second kappa shape index (κ2) is 8.21. The van der Waals surface area contributed by atoms with Gasteiger partial charge in [-0.05, 0) is 35.9 Å². The summed E-state index contributed by atoms with van der Waals surface area (Å²) in [5.41, 5.74) is 1.27. The highest BCUT2D eigenvalue weighted by Gasteiger charge is 2.23. The topological polar surface area (TPSA) is 119 Å². The fourth-order valence-corrected chi connectivity index (χ4v) is 2.61. The Bertz CT molecular complexity index is 976. The molecule has 144 valence electrons. The lowest BCUT2D eigenvalue weighted by molar-refractivity contribution is -0.402. The Morgan fingerprint density at radius 2 is 1.86 bits per heavy atom. The Balaban J connectivity index is 1.83. The van der Waals surface area contributed by atoms with Gasteiger partial charge in [0.1, 0.15) is 10.7 Å². The minimum Gasteiger partial charge on any atom is -0.467 e. The zero-order valence-corrected chi connectivity index (χ0v) is 15.0. The molecule has 0 saturated heterocycles. The molecule has 2 heterocycles. The van der Waals surface area contributed by atoms with Crippen molar-refractivity contribution in [2.45, 2.75) is 13.1 Å². The van der Waals surface area contributed by atoms with Crippen LogP contribution in [0.5, 0.6) is 0 Å². The summed E-state index contributed by atoms with van der Waals surface area (Å²) < 4.78 is 10.3. The van der Waals surface area contributed by atoms with E-state index in [1.807, 2.05) is 0 Å². The molecule has 1 aromatic carbocycles. The van der Waals surface area contributed by atoms with Crippen molar-refractivity contribution in [1.82, 2.24) is 10.2 Å². The summed E-state index contributed by atoms with van der Waals surface area (Å²) in [4.78, 5) is 36.0. The molecule has 0 aliphatic heterocycles. The Kier molecular flexibility index (Phi) is 5.54. The molecule has 0 saturated carbocycles. The molecule has 9 heteroatoms. The van der Waals surface area contributed by atoms with Crippen LogP contribution in [-0.2, 0) is 13.1 Å². The third kappa shape index (κ3) is 4.26. The maximum absolute atomic E-state index is 12.8. The molecule has 3 rings (SSSR count). The number of nitro groups is 1. The SMILES string of the molecule is CNC(=O)c1ccc(CN(Cc2ccco2)C(=O)c2ccc([N+](=O)[O-])o2)cc1. The number of rotatable bonds is 7. The van der Waals surface area contributed by atoms with Gasteiger partial charge in [-0.1, -0.05) is 12.1 Å². The molecule has 0 spiro atoms. The quantitative estimate of drug-likeness (QED) is 0.495. The van der Waals surface area contributed by atoms with Gasteiger partial charge in [-0.3, -0.25) is 19.7 Å². The highest BCUT2D eigenvalue weighted by atomic mass is 16.6. The summed E-state index contributed by atoms with van der Waals surface area (Å²) in [6, 6.07) is 12.6. The molecule has 28 heavy (non-hydrogen) atoms. The van der Waals surface area contributed by atoms with Crippen LogP contribution >= 0.6 is 0 Å². The second-order valence-electron chi connectivity index (χ2n) is 5.91. The molecule has 0 aliphatic carbocycles. The van der Waals surface area contributed by atoms with Crippen molar-refractivity contribution in [3.8, 4) is 0 Å². The van der Waals surface area contributed by atoms with E-state index in [1.54, 1.807) is 43.4 Å². The Morgan fingerprint density at radius 1 is 1.11 bits per heavy atom. The van der Waals surface area contributed by atoms with Crippen molar-refractivity contribution in [2.75, 3.05) is 7.05 Å². The molecule has 0 bridgehead atoms. The van der Waals surface area contributed by atoms with E-state index in [1.165, 1.54) is 17.2 Å². The first-order chi connectivity index (χ1) is 13.5. The standard InChI is InChI=1S/C19H17N3O6/c1-20-18(23)14-6-4-13(5-7-14)11-21(12-15-3-2-10-27-15)19(24)16-8-9-17(28-16)22(25)26/h2-10H,11-12H2,1H3,(H,20,23). The van der Waals surface area contributed by atoms with E-state index in [4.69, 9.17) is 8.83 Å². The van der Waals surface area contributed by atoms with Gasteiger partial charge in [0.15, 0.2) is 5.76 Å². The molecular weight excluding hydrogens is 366 g/mol. The largest absolute Gasteiger partial charge is 0.467 e. The van der Waals surface area contributed by atoms with Crippen LogP contribution in [-0.4, -0.2) is 28.7 Å². The van der Waals surface area contributed by atoms with Crippen LogP contribution in [0.25, 0.3) is 0 Å². The van der Waals surface area contributed by atoms with Crippen molar-refractivity contribution in [3.63, 3.8) is 0 Å². The first-order valence-corrected chi connectivity index (χ1v) is 8.35. The van der Waals surface area contributed by atoms with Gasteiger partial charge in [-0.25, -0.2) is 0 Å². The molecule has 2 aromatic heterocycles. The van der Waals surface area contributed by atoms with Gasteiger partial charge in [-0.15, -0.1) is 0 Å². The lowest BCUT2D eigenvalue weighted by Crippen LogP contribution is -2.29. The number of amides is 2. The lowest BCUT2D eigenvalue weighted by Gasteiger charge is -2.20. The third-order valence-corrected chi connectivity index (χ3v) is 4.01. The van der Waals surface area contributed by atoms with E-state index in [-0.39, 0.29) is 24.8 Å². The van der Waals surface area contributed by atoms with Crippen LogP contribution in [0.4, 0.5) is 5.88 Å². The van der Waals surface area contributed by atoms with Crippen LogP contribution < -0.4 is 5.32 Å². The van der Waals surface area contributed by atoms with E-state index in [0.717, 1.165) is 11.6 Å². The van der Waals surface area contributed by atoms with Gasteiger partial charge in [0.2, 0.25) is 0 Å². The minimum atomic E-state index is -0.703. The van der Waals surface area contributed by atoms with Crippen LogP contribution in [0, 0.1) is 10.1 Å². The normalized spacial score (nSPS) is 10.5. The van der Waals surface area contributed by atoms with Gasteiger partial charge < -0.3 is 19.1 Å². The molecule has 0 radical (unpaired) electrons. The van der Waals surface area contributed by atoms with Crippen molar-refractivity contribution >= 4 is 17.7 Å². The average Bonchev–Trinajstić information content (AvgIpc) is 3.39. The highest BCUT2D eigenvalue weighted by molar-refractivity contribution is 5.94. The first-order valence-electron chi connectivity index (χ1n) is 8.35. The number of benzene rings is 1. The van der Waals surface area contributed by atoms with Crippen LogP contribution in [0.15, 0.2) is 63.6 Å². The van der Waals surface area contributed by atoms with E-state index in [2.05, 4.69) is 5.32 Å². The van der Waals surface area contributed by atoms with E-state index in [0.29, 0.717) is 11.3 Å². The third-order valence-electron chi connectivity index (χ3n) is 4.01. The summed E-state index contributed by atoms with van der Waals surface area (Å²) in [5, 5.41) is 13.3. The molecule has 9 nitrogen and oxygen atoms in total. The molecule has 0 unspecified atom stereocenters. The number of hydrogen-bond donors (Lipinski definition) is 1. The molecule has 1 N–H and O–H groups in total. The van der Waals surface area contributed by atoms with Crippen LogP contribution in [0.2, 0.25) is 0 Å². The van der Waals surface area contributed by atoms with Crippen molar-refractivity contribution in [1.29, 1.82) is 0 Å². The minimum absolute atomic E-state index is 0.139. The van der Waals surface area contributed by atoms with Gasteiger partial charge in [0, 0.05) is 19.2 Å². The van der Waals surface area contributed by atoms with Gasteiger partial charge >= 0.3 is 5.88 Å². The first kappa shape index (κ1) is 18.9. The summed E-state index contributed by atoms with van der Waals surface area (Å²) in [6.45, 7) is 0.347. The van der Waals surface area contributed by atoms with Gasteiger partial charge in [0.25, 0.3) is 11.8 Å². The zero-order chi connectivity index (χ0) is 20.1. The highest BCUT2D eigenvalue weighted by Crippen LogP contribution is 2.20. The lowest BCUT2D eigenvalue weighted by atomic mass is 10.1. The molecule has 2 amide bonds. The van der Waals surface area contributed by atoms with Crippen molar-refractivity contribution in [2.24, 2.45) is 0 Å². The maximum Gasteiger partial charge on any atom is 0.433 e. The maximum atomic E-state index is 12.8.